The fourth-order valence-electron chi connectivity index (χ4n) is 4.79. The van der Waals surface area contributed by atoms with E-state index in [0.29, 0.717) is 30.0 Å². The smallest absolute Gasteiger partial charge is 0.395 e. The number of amides is 2. The molecule has 1 aliphatic rings. The van der Waals surface area contributed by atoms with Crippen molar-refractivity contribution in [2.45, 2.75) is 25.7 Å². The second-order valence-corrected chi connectivity index (χ2v) is 9.25. The molecule has 1 saturated heterocycles. The topological polar surface area (TPSA) is 119 Å². The minimum atomic E-state index is -0.658. The molecule has 4 aromatic rings. The summed E-state index contributed by atoms with van der Waals surface area (Å²) in [6, 6.07) is 21.7. The van der Waals surface area contributed by atoms with E-state index in [4.69, 9.17) is 4.42 Å². The van der Waals surface area contributed by atoms with Gasteiger partial charge in [-0.2, -0.15) is 0 Å². The van der Waals surface area contributed by atoms with E-state index in [2.05, 4.69) is 10.3 Å². The number of rotatable bonds is 6. The molecule has 192 valence electrons. The Balaban J connectivity index is 1.21. The number of pyridine rings is 1. The van der Waals surface area contributed by atoms with Crippen molar-refractivity contribution in [1.29, 1.82) is 0 Å². The molecule has 1 fully saturated rings. The van der Waals surface area contributed by atoms with Gasteiger partial charge in [0, 0.05) is 30.5 Å². The van der Waals surface area contributed by atoms with E-state index in [1.165, 1.54) is 12.1 Å². The molecule has 3 heterocycles. The van der Waals surface area contributed by atoms with Crippen molar-refractivity contribution in [3.8, 4) is 11.3 Å². The fraction of sp³-hybridized carbons (Fsp3) is 0.207. The van der Waals surface area contributed by atoms with E-state index >= 15 is 0 Å². The number of nitrogens with zero attached hydrogens (tertiary/aromatic N) is 3. The molecular weight excluding hydrogens is 484 g/mol. The van der Waals surface area contributed by atoms with Crippen LogP contribution in [0.15, 0.2) is 83.4 Å². The summed E-state index contributed by atoms with van der Waals surface area (Å²) >= 11 is 0. The van der Waals surface area contributed by atoms with E-state index in [0.717, 1.165) is 29.5 Å². The molecule has 9 nitrogen and oxygen atoms in total. The Morgan fingerprint density at radius 3 is 2.42 bits per heavy atom. The molecule has 0 aliphatic carbocycles. The molecule has 2 aromatic heterocycles. The van der Waals surface area contributed by atoms with Gasteiger partial charge in [0.25, 0.3) is 11.8 Å². The lowest BCUT2D eigenvalue weighted by molar-refractivity contribution is -0.402. The number of anilines is 1. The highest BCUT2D eigenvalue weighted by Gasteiger charge is 2.27. The minimum absolute atomic E-state index is 0.0190. The molecular formula is C29H26N4O5. The summed E-state index contributed by atoms with van der Waals surface area (Å²) in [6.45, 7) is 3.05. The van der Waals surface area contributed by atoms with Crippen LogP contribution in [0.5, 0.6) is 0 Å². The molecule has 1 aliphatic heterocycles. The van der Waals surface area contributed by atoms with Crippen LogP contribution in [0.3, 0.4) is 0 Å². The summed E-state index contributed by atoms with van der Waals surface area (Å²) < 4.78 is 5.06. The maximum absolute atomic E-state index is 13.1. The van der Waals surface area contributed by atoms with Gasteiger partial charge in [-0.1, -0.05) is 36.4 Å². The van der Waals surface area contributed by atoms with Gasteiger partial charge in [0.1, 0.15) is 4.92 Å². The molecule has 0 bridgehead atoms. The molecule has 5 rings (SSSR count). The number of aryl methyl sites for hydroxylation is 1. The number of aromatic nitrogens is 1. The predicted octanol–water partition coefficient (Wildman–Crippen LogP) is 5.83. The molecule has 0 unspecified atom stereocenters. The van der Waals surface area contributed by atoms with Gasteiger partial charge in [-0.25, -0.2) is 0 Å². The molecule has 1 N–H and O–H groups in total. The quantitative estimate of drug-likeness (QED) is 0.257. The Bertz CT molecular complexity index is 1490. The number of carbonyl (C=O) groups is 2. The van der Waals surface area contributed by atoms with E-state index < -0.39 is 10.8 Å². The molecule has 2 aromatic carbocycles. The molecule has 38 heavy (non-hydrogen) atoms. The van der Waals surface area contributed by atoms with Crippen molar-refractivity contribution in [3.05, 3.63) is 112 Å². The van der Waals surface area contributed by atoms with Gasteiger partial charge < -0.3 is 14.6 Å². The Morgan fingerprint density at radius 1 is 1.00 bits per heavy atom. The van der Waals surface area contributed by atoms with Crippen LogP contribution in [-0.4, -0.2) is 39.7 Å². The summed E-state index contributed by atoms with van der Waals surface area (Å²) in [5, 5.41) is 13.8. The lowest BCUT2D eigenvalue weighted by Crippen LogP contribution is -2.37. The lowest BCUT2D eigenvalue weighted by Gasteiger charge is -2.31. The normalized spacial score (nSPS) is 13.8. The first kappa shape index (κ1) is 24.9. The van der Waals surface area contributed by atoms with Gasteiger partial charge in [-0.3, -0.25) is 24.7 Å². The average Bonchev–Trinajstić information content (AvgIpc) is 3.44. The maximum Gasteiger partial charge on any atom is 0.433 e. The highest BCUT2D eigenvalue weighted by Crippen LogP contribution is 2.31. The highest BCUT2D eigenvalue weighted by atomic mass is 16.6. The maximum atomic E-state index is 13.1. The summed E-state index contributed by atoms with van der Waals surface area (Å²) in [4.78, 5) is 42.1. The number of nitro groups is 1. The fourth-order valence-corrected chi connectivity index (χ4v) is 4.79. The van der Waals surface area contributed by atoms with Crippen molar-refractivity contribution in [1.82, 2.24) is 9.88 Å². The Morgan fingerprint density at radius 2 is 1.74 bits per heavy atom. The summed E-state index contributed by atoms with van der Waals surface area (Å²) in [7, 11) is 0. The summed E-state index contributed by atoms with van der Waals surface area (Å²) in [5.74, 6) is -0.760. The molecule has 0 atom stereocenters. The third kappa shape index (κ3) is 5.17. The minimum Gasteiger partial charge on any atom is -0.395 e. The van der Waals surface area contributed by atoms with E-state index in [9.17, 15) is 19.7 Å². The third-order valence-electron chi connectivity index (χ3n) is 6.86. The SMILES string of the molecule is Cc1ccccc1-c1ncccc1C(=O)Nc1ccc(C2CCN(C(=O)c3ccc([N+](=O)[O-])o3)CC2)cc1. The average molecular weight is 511 g/mol. The van der Waals surface area contributed by atoms with Crippen LogP contribution in [0, 0.1) is 17.0 Å². The van der Waals surface area contributed by atoms with E-state index in [-0.39, 0.29) is 23.5 Å². The Hall–Kier alpha value is -4.79. The van der Waals surface area contributed by atoms with Crippen molar-refractivity contribution in [2.75, 3.05) is 18.4 Å². The molecule has 2 amide bonds. The highest BCUT2D eigenvalue weighted by molar-refractivity contribution is 6.08. The van der Waals surface area contributed by atoms with E-state index in [1.807, 2.05) is 55.5 Å². The van der Waals surface area contributed by atoms with Crippen LogP contribution in [0.4, 0.5) is 11.6 Å². The number of furan rings is 1. The number of piperidine rings is 1. The van der Waals surface area contributed by atoms with Crippen molar-refractivity contribution >= 4 is 23.4 Å². The predicted molar refractivity (Wildman–Crippen MR) is 142 cm³/mol. The third-order valence-corrected chi connectivity index (χ3v) is 6.86. The zero-order valence-electron chi connectivity index (χ0n) is 20.8. The standard InChI is InChI=1S/C29H26N4O5/c1-19-5-2-3-6-23(19)27-24(7-4-16-30-27)28(34)31-22-10-8-20(9-11-22)21-14-17-32(18-15-21)29(35)25-12-13-26(38-25)33(36)37/h2-13,16,21H,14-15,17-18H2,1H3,(H,31,34). The van der Waals surface area contributed by atoms with Crippen molar-refractivity contribution in [3.63, 3.8) is 0 Å². The number of hydrogen-bond acceptors (Lipinski definition) is 6. The zero-order chi connectivity index (χ0) is 26.6. The van der Waals surface area contributed by atoms with Crippen LogP contribution in [0.2, 0.25) is 0 Å². The van der Waals surface area contributed by atoms with Gasteiger partial charge >= 0.3 is 5.88 Å². The first-order valence-corrected chi connectivity index (χ1v) is 12.4. The van der Waals surface area contributed by atoms with Crippen molar-refractivity contribution < 1.29 is 18.9 Å². The van der Waals surface area contributed by atoms with Crippen LogP contribution >= 0.6 is 0 Å². The molecule has 0 spiro atoms. The van der Waals surface area contributed by atoms with Gasteiger partial charge in [0.2, 0.25) is 0 Å². The van der Waals surface area contributed by atoms with Crippen LogP contribution in [0.25, 0.3) is 11.3 Å². The largest absolute Gasteiger partial charge is 0.433 e. The Labute approximate surface area is 219 Å². The monoisotopic (exact) mass is 510 g/mol. The lowest BCUT2D eigenvalue weighted by atomic mass is 9.89. The first-order chi connectivity index (χ1) is 18.4. The number of likely N-dealkylation sites (tertiary alicyclic amines) is 1. The second-order valence-electron chi connectivity index (χ2n) is 9.25. The molecule has 0 saturated carbocycles. The van der Waals surface area contributed by atoms with E-state index in [1.54, 1.807) is 23.2 Å². The van der Waals surface area contributed by atoms with Gasteiger partial charge in [0.15, 0.2) is 5.76 Å². The van der Waals surface area contributed by atoms with Crippen LogP contribution in [-0.2, 0) is 0 Å². The Kier molecular flexibility index (Phi) is 6.99. The number of nitrogens with one attached hydrogen (secondary N) is 1. The molecule has 9 heteroatoms. The van der Waals surface area contributed by atoms with Crippen molar-refractivity contribution in [2.24, 2.45) is 0 Å². The van der Waals surface area contributed by atoms with Gasteiger partial charge in [-0.15, -0.1) is 0 Å². The van der Waals surface area contributed by atoms with Crippen LogP contribution in [0.1, 0.15) is 50.8 Å². The summed E-state index contributed by atoms with van der Waals surface area (Å²) in [5.41, 5.74) is 4.93. The number of carbonyl (C=O) groups excluding carboxylic acids is 2. The first-order valence-electron chi connectivity index (χ1n) is 12.4. The van der Waals surface area contributed by atoms with Crippen LogP contribution < -0.4 is 5.32 Å². The van der Waals surface area contributed by atoms with Gasteiger partial charge in [-0.05, 0) is 67.1 Å². The van der Waals surface area contributed by atoms with Gasteiger partial charge in [0.05, 0.1) is 17.3 Å². The number of hydrogen-bond donors (Lipinski definition) is 1. The summed E-state index contributed by atoms with van der Waals surface area (Å²) in [6.07, 6.45) is 3.20. The number of benzene rings is 2. The molecule has 0 radical (unpaired) electrons. The zero-order valence-corrected chi connectivity index (χ0v) is 20.8. The second kappa shape index (κ2) is 10.7.